The molecule has 4 nitrogen and oxygen atoms in total. The van der Waals surface area contributed by atoms with Crippen LogP contribution in [0.25, 0.3) is 0 Å². The number of thioether (sulfide) groups is 1. The molecule has 1 heterocycles. The smallest absolute Gasteiger partial charge is 0.223 e. The predicted octanol–water partition coefficient (Wildman–Crippen LogP) is 0.103. The van der Waals surface area contributed by atoms with Crippen molar-refractivity contribution in [3.63, 3.8) is 0 Å². The fourth-order valence-corrected chi connectivity index (χ4v) is 2.21. The third-order valence-electron chi connectivity index (χ3n) is 2.85. The molecule has 0 saturated carbocycles. The molecule has 1 N–H and O–H groups in total. The number of piperazine rings is 1. The van der Waals surface area contributed by atoms with Crippen molar-refractivity contribution in [1.29, 1.82) is 0 Å². The summed E-state index contributed by atoms with van der Waals surface area (Å²) in [5.41, 5.74) is 0. The van der Waals surface area contributed by atoms with Crippen LogP contribution in [-0.2, 0) is 4.79 Å². The van der Waals surface area contributed by atoms with Crippen LogP contribution in [0.15, 0.2) is 0 Å². The third-order valence-corrected chi connectivity index (χ3v) is 3.45. The molecule has 0 bridgehead atoms. The van der Waals surface area contributed by atoms with Gasteiger partial charge >= 0.3 is 0 Å². The van der Waals surface area contributed by atoms with Crippen LogP contribution in [0.4, 0.5) is 0 Å². The number of nitrogens with zero attached hydrogens (tertiary/aromatic N) is 2. The molecule has 0 radical (unpaired) electrons. The topological polar surface area (TPSA) is 35.6 Å². The van der Waals surface area contributed by atoms with E-state index >= 15 is 0 Å². The highest BCUT2D eigenvalue weighted by atomic mass is 32.2. The number of rotatable bonds is 6. The molecular formula is C11H23N3OS. The number of nitrogens with one attached hydrogen (secondary N) is 1. The lowest BCUT2D eigenvalue weighted by atomic mass is 10.3. The summed E-state index contributed by atoms with van der Waals surface area (Å²) in [4.78, 5) is 16.0. The summed E-state index contributed by atoms with van der Waals surface area (Å²) in [6.45, 7) is 5.56. The van der Waals surface area contributed by atoms with E-state index in [1.807, 2.05) is 16.7 Å². The maximum absolute atomic E-state index is 11.8. The summed E-state index contributed by atoms with van der Waals surface area (Å²) >= 11 is 1.85. The molecule has 1 saturated heterocycles. The first-order valence-corrected chi connectivity index (χ1v) is 7.29. The van der Waals surface area contributed by atoms with Crippen LogP contribution >= 0.6 is 11.8 Å². The summed E-state index contributed by atoms with van der Waals surface area (Å²) in [5, 5.41) is 3.26. The first-order chi connectivity index (χ1) is 7.74. The molecule has 1 aliphatic rings. The van der Waals surface area contributed by atoms with Crippen LogP contribution in [0.1, 0.15) is 6.42 Å². The summed E-state index contributed by atoms with van der Waals surface area (Å²) < 4.78 is 0. The molecule has 0 spiro atoms. The molecular weight excluding hydrogens is 222 g/mol. The molecule has 0 aliphatic carbocycles. The Balaban J connectivity index is 2.13. The lowest BCUT2D eigenvalue weighted by Crippen LogP contribution is -2.47. The normalized spacial score (nSPS) is 16.8. The number of carbonyl (C=O) groups is 1. The van der Waals surface area contributed by atoms with E-state index in [9.17, 15) is 4.79 Å². The van der Waals surface area contributed by atoms with Crippen molar-refractivity contribution in [2.75, 3.05) is 58.3 Å². The Bertz CT molecular complexity index is 207. The van der Waals surface area contributed by atoms with Gasteiger partial charge in [0, 0.05) is 51.4 Å². The number of hydrogen-bond donors (Lipinski definition) is 1. The van der Waals surface area contributed by atoms with E-state index in [2.05, 4.69) is 23.5 Å². The van der Waals surface area contributed by atoms with E-state index in [0.717, 1.165) is 45.0 Å². The number of amides is 1. The fourth-order valence-electron chi connectivity index (χ4n) is 1.72. The van der Waals surface area contributed by atoms with Crippen molar-refractivity contribution in [3.05, 3.63) is 0 Å². The second-order valence-corrected chi connectivity index (χ2v) is 5.16. The fraction of sp³-hybridized carbons (Fsp3) is 0.909. The minimum Gasteiger partial charge on any atom is -0.340 e. The molecule has 1 rings (SSSR count). The van der Waals surface area contributed by atoms with Gasteiger partial charge < -0.3 is 15.1 Å². The van der Waals surface area contributed by atoms with Crippen molar-refractivity contribution in [1.82, 2.24) is 15.1 Å². The van der Waals surface area contributed by atoms with Gasteiger partial charge in [-0.05, 0) is 13.3 Å². The molecule has 1 aliphatic heterocycles. The van der Waals surface area contributed by atoms with Gasteiger partial charge in [0.15, 0.2) is 0 Å². The van der Waals surface area contributed by atoms with E-state index in [1.165, 1.54) is 0 Å². The molecule has 1 amide bonds. The summed E-state index contributed by atoms with van der Waals surface area (Å²) in [6.07, 6.45) is 2.77. The van der Waals surface area contributed by atoms with Gasteiger partial charge in [-0.1, -0.05) is 0 Å². The zero-order valence-electron chi connectivity index (χ0n) is 10.4. The van der Waals surface area contributed by atoms with Crippen molar-refractivity contribution >= 4 is 17.7 Å². The van der Waals surface area contributed by atoms with Crippen molar-refractivity contribution in [2.24, 2.45) is 0 Å². The largest absolute Gasteiger partial charge is 0.340 e. The van der Waals surface area contributed by atoms with Crippen LogP contribution in [0.3, 0.4) is 0 Å². The second kappa shape index (κ2) is 7.92. The summed E-state index contributed by atoms with van der Waals surface area (Å²) in [6, 6.07) is 0. The van der Waals surface area contributed by atoms with Crippen LogP contribution in [0.2, 0.25) is 0 Å². The average molecular weight is 245 g/mol. The molecule has 0 aromatic carbocycles. The van der Waals surface area contributed by atoms with Crippen LogP contribution in [0, 0.1) is 0 Å². The minimum atomic E-state index is 0.303. The minimum absolute atomic E-state index is 0.303. The Morgan fingerprint density at radius 1 is 1.38 bits per heavy atom. The van der Waals surface area contributed by atoms with Gasteiger partial charge in [0.05, 0.1) is 0 Å². The predicted molar refractivity (Wildman–Crippen MR) is 69.9 cm³/mol. The molecule has 0 unspecified atom stereocenters. The van der Waals surface area contributed by atoms with E-state index in [1.54, 1.807) is 0 Å². The molecule has 5 heteroatoms. The Kier molecular flexibility index (Phi) is 6.84. The van der Waals surface area contributed by atoms with Gasteiger partial charge in [0.1, 0.15) is 0 Å². The zero-order chi connectivity index (χ0) is 11.8. The van der Waals surface area contributed by atoms with Crippen molar-refractivity contribution < 1.29 is 4.79 Å². The van der Waals surface area contributed by atoms with Crippen molar-refractivity contribution in [2.45, 2.75) is 6.42 Å². The van der Waals surface area contributed by atoms with E-state index in [-0.39, 0.29) is 0 Å². The zero-order valence-corrected chi connectivity index (χ0v) is 11.2. The average Bonchev–Trinajstić information content (AvgIpc) is 2.34. The molecule has 0 aromatic rings. The maximum atomic E-state index is 11.8. The van der Waals surface area contributed by atoms with Gasteiger partial charge in [0.25, 0.3) is 0 Å². The quantitative estimate of drug-likeness (QED) is 0.720. The Morgan fingerprint density at radius 2 is 2.06 bits per heavy atom. The van der Waals surface area contributed by atoms with Crippen LogP contribution in [0.5, 0.6) is 0 Å². The lowest BCUT2D eigenvalue weighted by molar-refractivity contribution is -0.132. The lowest BCUT2D eigenvalue weighted by Gasteiger charge is -2.28. The van der Waals surface area contributed by atoms with Crippen LogP contribution < -0.4 is 5.32 Å². The van der Waals surface area contributed by atoms with Gasteiger partial charge in [-0.15, -0.1) is 0 Å². The van der Waals surface area contributed by atoms with Gasteiger partial charge in [-0.25, -0.2) is 0 Å². The first kappa shape index (κ1) is 13.8. The van der Waals surface area contributed by atoms with Crippen LogP contribution in [-0.4, -0.2) is 74.0 Å². The number of hydrogen-bond acceptors (Lipinski definition) is 4. The standard InChI is InChI=1S/C11H23N3OS/c1-13(9-10-16-2)6-3-11(15)14-7-4-12-5-8-14/h12H,3-10H2,1-2H3. The monoisotopic (exact) mass is 245 g/mol. The molecule has 94 valence electrons. The van der Waals surface area contributed by atoms with Gasteiger partial charge in [-0.3, -0.25) is 4.79 Å². The molecule has 0 atom stereocenters. The number of carbonyl (C=O) groups excluding carboxylic acids is 1. The van der Waals surface area contributed by atoms with Crippen molar-refractivity contribution in [3.8, 4) is 0 Å². The molecule has 0 aromatic heterocycles. The van der Waals surface area contributed by atoms with E-state index in [0.29, 0.717) is 12.3 Å². The Hall–Kier alpha value is -0.260. The Morgan fingerprint density at radius 3 is 2.69 bits per heavy atom. The van der Waals surface area contributed by atoms with E-state index < -0.39 is 0 Å². The maximum Gasteiger partial charge on any atom is 0.223 e. The van der Waals surface area contributed by atoms with Gasteiger partial charge in [-0.2, -0.15) is 11.8 Å². The summed E-state index contributed by atoms with van der Waals surface area (Å²) in [7, 11) is 2.08. The highest BCUT2D eigenvalue weighted by Gasteiger charge is 2.15. The second-order valence-electron chi connectivity index (χ2n) is 4.18. The summed E-state index contributed by atoms with van der Waals surface area (Å²) in [5.74, 6) is 1.44. The highest BCUT2D eigenvalue weighted by molar-refractivity contribution is 7.98. The third kappa shape index (κ3) is 5.18. The Labute approximate surface area is 103 Å². The van der Waals surface area contributed by atoms with E-state index in [4.69, 9.17) is 0 Å². The highest BCUT2D eigenvalue weighted by Crippen LogP contribution is 1.99. The SMILES string of the molecule is CSCCN(C)CCC(=O)N1CCNCC1. The van der Waals surface area contributed by atoms with Gasteiger partial charge in [0.2, 0.25) is 5.91 Å². The first-order valence-electron chi connectivity index (χ1n) is 5.90. The molecule has 1 fully saturated rings. The molecule has 16 heavy (non-hydrogen) atoms.